The van der Waals surface area contributed by atoms with E-state index in [0.717, 1.165) is 24.0 Å². The predicted molar refractivity (Wildman–Crippen MR) is 64.0 cm³/mol. The Labute approximate surface area is 97.6 Å². The quantitative estimate of drug-likeness (QED) is 0.908. The zero-order chi connectivity index (χ0) is 10.7. The lowest BCUT2D eigenvalue weighted by molar-refractivity contribution is 0.498. The van der Waals surface area contributed by atoms with E-state index in [2.05, 4.69) is 21.2 Å². The molecule has 15 heavy (non-hydrogen) atoms. The summed E-state index contributed by atoms with van der Waals surface area (Å²) in [5, 5.41) is 3.43. The number of aromatic nitrogens is 1. The van der Waals surface area contributed by atoms with Crippen LogP contribution in [0.5, 0.6) is 0 Å². The van der Waals surface area contributed by atoms with Gasteiger partial charge >= 0.3 is 0 Å². The molecule has 1 N–H and O–H groups in total. The Hall–Kier alpha value is -0.610. The first-order valence-electron chi connectivity index (χ1n) is 5.35. The van der Waals surface area contributed by atoms with E-state index in [0.29, 0.717) is 6.04 Å². The maximum Gasteiger partial charge on any atom is 0.250 e. The number of nitrogens with one attached hydrogen (secondary N) is 1. The summed E-state index contributed by atoms with van der Waals surface area (Å²) in [7, 11) is 0. The molecule has 1 aliphatic rings. The van der Waals surface area contributed by atoms with Crippen molar-refractivity contribution in [2.75, 3.05) is 6.54 Å². The van der Waals surface area contributed by atoms with Crippen LogP contribution in [0.4, 0.5) is 0 Å². The molecule has 1 aliphatic heterocycles. The summed E-state index contributed by atoms with van der Waals surface area (Å²) in [5.41, 5.74) is 0.0798. The van der Waals surface area contributed by atoms with Gasteiger partial charge in [0.25, 0.3) is 5.56 Å². The topological polar surface area (TPSA) is 34.0 Å². The highest BCUT2D eigenvalue weighted by atomic mass is 79.9. The van der Waals surface area contributed by atoms with Crippen molar-refractivity contribution >= 4 is 15.9 Å². The Morgan fingerprint density at radius 3 is 3.13 bits per heavy atom. The van der Waals surface area contributed by atoms with Crippen molar-refractivity contribution in [3.63, 3.8) is 0 Å². The Kier molecular flexibility index (Phi) is 3.59. The number of hydrogen-bond acceptors (Lipinski definition) is 2. The van der Waals surface area contributed by atoms with Crippen LogP contribution >= 0.6 is 15.9 Å². The first kappa shape index (κ1) is 10.9. The average molecular weight is 271 g/mol. The third-order valence-electron chi connectivity index (χ3n) is 2.83. The monoisotopic (exact) mass is 270 g/mol. The number of halogens is 1. The Balaban J connectivity index is 1.97. The fraction of sp³-hybridized carbons (Fsp3) is 0.545. The summed E-state index contributed by atoms with van der Waals surface area (Å²) >= 11 is 3.37. The molecule has 0 aromatic carbocycles. The molecule has 1 saturated heterocycles. The van der Waals surface area contributed by atoms with E-state index in [9.17, 15) is 4.79 Å². The third kappa shape index (κ3) is 2.92. The molecule has 3 nitrogen and oxygen atoms in total. The Morgan fingerprint density at radius 2 is 2.40 bits per heavy atom. The van der Waals surface area contributed by atoms with Gasteiger partial charge in [-0.3, -0.25) is 4.79 Å². The molecule has 82 valence electrons. The van der Waals surface area contributed by atoms with E-state index in [1.807, 2.05) is 6.20 Å². The van der Waals surface area contributed by atoms with Crippen molar-refractivity contribution in [3.05, 3.63) is 33.2 Å². The summed E-state index contributed by atoms with van der Waals surface area (Å²) in [6, 6.07) is 3.98. The molecular formula is C11H15BrN2O. The molecule has 2 rings (SSSR count). The maximum absolute atomic E-state index is 11.5. The number of aryl methyl sites for hydroxylation is 1. The number of pyridine rings is 1. The molecule has 2 heterocycles. The molecule has 0 radical (unpaired) electrons. The minimum Gasteiger partial charge on any atom is -0.314 e. The molecule has 0 aliphatic carbocycles. The van der Waals surface area contributed by atoms with Crippen LogP contribution in [0.3, 0.4) is 0 Å². The minimum absolute atomic E-state index is 0.0798. The highest BCUT2D eigenvalue weighted by molar-refractivity contribution is 9.10. The van der Waals surface area contributed by atoms with Crippen molar-refractivity contribution in [2.45, 2.75) is 31.8 Å². The molecule has 4 heteroatoms. The molecule has 1 aromatic heterocycles. The smallest absolute Gasteiger partial charge is 0.250 e. The van der Waals surface area contributed by atoms with Crippen LogP contribution in [0.25, 0.3) is 0 Å². The average Bonchev–Trinajstić information content (AvgIpc) is 2.72. The van der Waals surface area contributed by atoms with Crippen LogP contribution < -0.4 is 10.9 Å². The number of hydrogen-bond donors (Lipinski definition) is 1. The minimum atomic E-state index is 0.0798. The SMILES string of the molecule is O=c1ccc(Br)cn1CCC1CCCN1. The highest BCUT2D eigenvalue weighted by Gasteiger charge is 2.13. The van der Waals surface area contributed by atoms with Gasteiger partial charge in [-0.25, -0.2) is 0 Å². The van der Waals surface area contributed by atoms with Crippen LogP contribution in [0, 0.1) is 0 Å². The standard InChI is InChI=1S/C11H15BrN2O/c12-9-3-4-11(15)14(8-9)7-5-10-2-1-6-13-10/h3-4,8,10,13H,1-2,5-7H2. The van der Waals surface area contributed by atoms with Gasteiger partial charge in [0.2, 0.25) is 0 Å². The highest BCUT2D eigenvalue weighted by Crippen LogP contribution is 2.10. The van der Waals surface area contributed by atoms with Crippen LogP contribution in [0.1, 0.15) is 19.3 Å². The van der Waals surface area contributed by atoms with Gasteiger partial charge in [0.1, 0.15) is 0 Å². The van der Waals surface area contributed by atoms with E-state index in [1.165, 1.54) is 12.8 Å². The van der Waals surface area contributed by atoms with E-state index in [4.69, 9.17) is 0 Å². The van der Waals surface area contributed by atoms with Crippen LogP contribution in [0.2, 0.25) is 0 Å². The molecule has 1 aromatic rings. The van der Waals surface area contributed by atoms with E-state index in [-0.39, 0.29) is 5.56 Å². The fourth-order valence-corrected chi connectivity index (χ4v) is 2.35. The summed E-state index contributed by atoms with van der Waals surface area (Å²) in [6.07, 6.45) is 5.40. The van der Waals surface area contributed by atoms with Gasteiger partial charge in [0.15, 0.2) is 0 Å². The third-order valence-corrected chi connectivity index (χ3v) is 3.30. The van der Waals surface area contributed by atoms with Gasteiger partial charge < -0.3 is 9.88 Å². The zero-order valence-corrected chi connectivity index (χ0v) is 10.2. The van der Waals surface area contributed by atoms with E-state index < -0.39 is 0 Å². The lowest BCUT2D eigenvalue weighted by Crippen LogP contribution is -2.26. The summed E-state index contributed by atoms with van der Waals surface area (Å²) < 4.78 is 2.73. The molecular weight excluding hydrogens is 256 g/mol. The van der Waals surface area contributed by atoms with Crippen LogP contribution in [0.15, 0.2) is 27.6 Å². The van der Waals surface area contributed by atoms with Gasteiger partial charge in [-0.15, -0.1) is 0 Å². The molecule has 0 saturated carbocycles. The summed E-state index contributed by atoms with van der Waals surface area (Å²) in [5.74, 6) is 0. The maximum atomic E-state index is 11.5. The van der Waals surface area contributed by atoms with Crippen molar-refractivity contribution in [1.29, 1.82) is 0 Å². The summed E-state index contributed by atoms with van der Waals surface area (Å²) in [6.45, 7) is 1.92. The first-order valence-corrected chi connectivity index (χ1v) is 6.14. The molecule has 0 amide bonds. The second kappa shape index (κ2) is 4.94. The van der Waals surface area contributed by atoms with Crippen molar-refractivity contribution in [2.24, 2.45) is 0 Å². The normalized spacial score (nSPS) is 20.7. The lowest BCUT2D eigenvalue weighted by atomic mass is 10.1. The van der Waals surface area contributed by atoms with Gasteiger partial charge in [-0.05, 0) is 47.8 Å². The van der Waals surface area contributed by atoms with Gasteiger partial charge in [0, 0.05) is 29.3 Å². The predicted octanol–water partition coefficient (Wildman–Crippen LogP) is 1.75. The second-order valence-corrected chi connectivity index (χ2v) is 4.88. The number of nitrogens with zero attached hydrogens (tertiary/aromatic N) is 1. The summed E-state index contributed by atoms with van der Waals surface area (Å²) in [4.78, 5) is 11.5. The first-order chi connectivity index (χ1) is 7.25. The molecule has 1 fully saturated rings. The van der Waals surface area contributed by atoms with Crippen LogP contribution in [-0.2, 0) is 6.54 Å². The van der Waals surface area contributed by atoms with Gasteiger partial charge in [-0.2, -0.15) is 0 Å². The lowest BCUT2D eigenvalue weighted by Gasteiger charge is -2.11. The van der Waals surface area contributed by atoms with E-state index in [1.54, 1.807) is 16.7 Å². The Morgan fingerprint density at radius 1 is 1.53 bits per heavy atom. The van der Waals surface area contributed by atoms with Crippen molar-refractivity contribution < 1.29 is 0 Å². The van der Waals surface area contributed by atoms with Crippen LogP contribution in [-0.4, -0.2) is 17.2 Å². The molecule has 0 spiro atoms. The van der Waals surface area contributed by atoms with E-state index >= 15 is 0 Å². The largest absolute Gasteiger partial charge is 0.314 e. The Bertz CT molecular complexity index is 382. The molecule has 0 bridgehead atoms. The second-order valence-electron chi connectivity index (χ2n) is 3.96. The molecule has 1 atom stereocenters. The van der Waals surface area contributed by atoms with Gasteiger partial charge in [-0.1, -0.05) is 0 Å². The van der Waals surface area contributed by atoms with Crippen molar-refractivity contribution in [1.82, 2.24) is 9.88 Å². The zero-order valence-electron chi connectivity index (χ0n) is 8.58. The fourth-order valence-electron chi connectivity index (χ4n) is 1.97. The molecule has 1 unspecified atom stereocenters. The van der Waals surface area contributed by atoms with Crippen molar-refractivity contribution in [3.8, 4) is 0 Å². The number of rotatable bonds is 3. The van der Waals surface area contributed by atoms with Gasteiger partial charge in [0.05, 0.1) is 0 Å².